The second-order valence-electron chi connectivity index (χ2n) is 4.53. The Labute approximate surface area is 102 Å². The maximum atomic E-state index is 6.11. The maximum Gasteiger partial charge on any atom is 0.0450 e. The first kappa shape index (κ1) is 11.9. The normalized spacial score (nSPS) is 25.6. The number of hydrogen-bond acceptors (Lipinski definition) is 2. The lowest BCUT2D eigenvalue weighted by molar-refractivity contribution is 0.326. The van der Waals surface area contributed by atoms with Gasteiger partial charge in [-0.05, 0) is 24.5 Å². The predicted octanol–water partition coefficient (Wildman–Crippen LogP) is 2.70. The molecular weight excluding hydrogens is 220 g/mol. The van der Waals surface area contributed by atoms with Crippen LogP contribution in [0.15, 0.2) is 24.3 Å². The van der Waals surface area contributed by atoms with Gasteiger partial charge in [0.25, 0.3) is 0 Å². The van der Waals surface area contributed by atoms with E-state index < -0.39 is 0 Å². The second-order valence-corrected chi connectivity index (χ2v) is 4.93. The molecule has 0 spiro atoms. The van der Waals surface area contributed by atoms with Gasteiger partial charge >= 0.3 is 0 Å². The van der Waals surface area contributed by atoms with E-state index in [-0.39, 0.29) is 0 Å². The van der Waals surface area contributed by atoms with Gasteiger partial charge in [-0.3, -0.25) is 0 Å². The van der Waals surface area contributed by atoms with Gasteiger partial charge < -0.3 is 11.1 Å². The Bertz CT molecular complexity index is 340. The molecule has 0 aliphatic heterocycles. The number of hydrogen-bond donors (Lipinski definition) is 2. The lowest BCUT2D eigenvalue weighted by Gasteiger charge is -2.29. The quantitative estimate of drug-likeness (QED) is 0.850. The van der Waals surface area contributed by atoms with Crippen LogP contribution in [-0.2, 0) is 6.54 Å². The molecule has 1 aliphatic rings. The fourth-order valence-electron chi connectivity index (χ4n) is 2.30. The van der Waals surface area contributed by atoms with Crippen molar-refractivity contribution in [3.63, 3.8) is 0 Å². The summed E-state index contributed by atoms with van der Waals surface area (Å²) in [7, 11) is 0. The average molecular weight is 239 g/mol. The molecule has 0 aromatic heterocycles. The Morgan fingerprint density at radius 1 is 1.25 bits per heavy atom. The molecule has 1 saturated carbocycles. The minimum Gasteiger partial charge on any atom is -0.326 e. The molecule has 2 atom stereocenters. The van der Waals surface area contributed by atoms with Crippen LogP contribution in [0.25, 0.3) is 0 Å². The van der Waals surface area contributed by atoms with E-state index in [0.717, 1.165) is 23.6 Å². The number of rotatable bonds is 3. The van der Waals surface area contributed by atoms with Gasteiger partial charge in [0.1, 0.15) is 0 Å². The van der Waals surface area contributed by atoms with Crippen LogP contribution in [0.4, 0.5) is 0 Å². The zero-order valence-corrected chi connectivity index (χ0v) is 10.2. The Morgan fingerprint density at radius 2 is 2.00 bits per heavy atom. The van der Waals surface area contributed by atoms with E-state index in [4.69, 9.17) is 17.3 Å². The highest BCUT2D eigenvalue weighted by atomic mass is 35.5. The number of nitrogens with one attached hydrogen (secondary N) is 1. The number of halogens is 1. The summed E-state index contributed by atoms with van der Waals surface area (Å²) in [5, 5.41) is 4.35. The molecule has 1 aromatic carbocycles. The topological polar surface area (TPSA) is 38.0 Å². The van der Waals surface area contributed by atoms with E-state index in [1.54, 1.807) is 0 Å². The summed E-state index contributed by atoms with van der Waals surface area (Å²) in [5.74, 6) is 0. The van der Waals surface area contributed by atoms with E-state index >= 15 is 0 Å². The minimum absolute atomic E-state index is 0.302. The average Bonchev–Trinajstić information content (AvgIpc) is 2.30. The number of benzene rings is 1. The van der Waals surface area contributed by atoms with E-state index in [1.165, 1.54) is 19.3 Å². The van der Waals surface area contributed by atoms with Crippen molar-refractivity contribution in [3.8, 4) is 0 Å². The molecule has 1 aliphatic carbocycles. The molecule has 0 saturated heterocycles. The van der Waals surface area contributed by atoms with Crippen LogP contribution in [0, 0.1) is 0 Å². The molecule has 0 radical (unpaired) electrons. The van der Waals surface area contributed by atoms with Crippen molar-refractivity contribution < 1.29 is 0 Å². The first-order valence-corrected chi connectivity index (χ1v) is 6.37. The van der Waals surface area contributed by atoms with E-state index in [0.29, 0.717) is 12.1 Å². The molecule has 2 rings (SSSR count). The van der Waals surface area contributed by atoms with Gasteiger partial charge in [0.05, 0.1) is 0 Å². The molecule has 2 nitrogen and oxygen atoms in total. The third kappa shape index (κ3) is 2.97. The molecule has 0 unspecified atom stereocenters. The number of nitrogens with two attached hydrogens (primary N) is 1. The van der Waals surface area contributed by atoms with Gasteiger partial charge in [0.2, 0.25) is 0 Å². The SMILES string of the molecule is N[C@@H]1CCCC[C@@H]1NCc1ccccc1Cl. The summed E-state index contributed by atoms with van der Waals surface area (Å²) in [6.07, 6.45) is 4.88. The standard InChI is InChI=1S/C13H19ClN2/c14-11-6-2-1-5-10(11)9-16-13-8-4-3-7-12(13)15/h1-2,5-6,12-13,16H,3-4,7-9,15H2/t12-,13+/m1/s1. The zero-order valence-electron chi connectivity index (χ0n) is 9.45. The molecular formula is C13H19ClN2. The second kappa shape index (κ2) is 5.67. The Balaban J connectivity index is 1.89. The predicted molar refractivity (Wildman–Crippen MR) is 68.5 cm³/mol. The Morgan fingerprint density at radius 3 is 2.75 bits per heavy atom. The summed E-state index contributed by atoms with van der Waals surface area (Å²) in [6, 6.07) is 8.71. The molecule has 1 aromatic rings. The molecule has 0 amide bonds. The summed E-state index contributed by atoms with van der Waals surface area (Å²) in [6.45, 7) is 0.818. The lowest BCUT2D eigenvalue weighted by Crippen LogP contribution is -2.46. The largest absolute Gasteiger partial charge is 0.326 e. The van der Waals surface area contributed by atoms with Crippen molar-refractivity contribution in [1.29, 1.82) is 0 Å². The highest BCUT2D eigenvalue weighted by Gasteiger charge is 2.20. The van der Waals surface area contributed by atoms with Crippen molar-refractivity contribution in [1.82, 2.24) is 5.32 Å². The minimum atomic E-state index is 0.302. The molecule has 3 heteroatoms. The van der Waals surface area contributed by atoms with Crippen LogP contribution >= 0.6 is 11.6 Å². The van der Waals surface area contributed by atoms with Gasteiger partial charge in [-0.2, -0.15) is 0 Å². The molecule has 1 fully saturated rings. The third-order valence-corrected chi connectivity index (χ3v) is 3.70. The monoisotopic (exact) mass is 238 g/mol. The highest BCUT2D eigenvalue weighted by Crippen LogP contribution is 2.19. The fourth-order valence-corrected chi connectivity index (χ4v) is 2.50. The van der Waals surface area contributed by atoms with Crippen LogP contribution in [0.5, 0.6) is 0 Å². The maximum absolute atomic E-state index is 6.11. The summed E-state index contributed by atoms with van der Waals surface area (Å²) in [5.41, 5.74) is 7.24. The van der Waals surface area contributed by atoms with E-state index in [2.05, 4.69) is 11.4 Å². The Kier molecular flexibility index (Phi) is 4.22. The zero-order chi connectivity index (χ0) is 11.4. The summed E-state index contributed by atoms with van der Waals surface area (Å²) < 4.78 is 0. The van der Waals surface area contributed by atoms with Crippen LogP contribution < -0.4 is 11.1 Å². The van der Waals surface area contributed by atoms with Crippen molar-refractivity contribution in [2.75, 3.05) is 0 Å². The van der Waals surface area contributed by atoms with Gasteiger partial charge in [-0.1, -0.05) is 42.6 Å². The summed E-state index contributed by atoms with van der Waals surface area (Å²) in [4.78, 5) is 0. The van der Waals surface area contributed by atoms with Crippen LogP contribution in [0.3, 0.4) is 0 Å². The first-order valence-electron chi connectivity index (χ1n) is 6.00. The lowest BCUT2D eigenvalue weighted by atomic mass is 9.91. The smallest absolute Gasteiger partial charge is 0.0450 e. The molecule has 3 N–H and O–H groups in total. The van der Waals surface area contributed by atoms with Crippen LogP contribution in [-0.4, -0.2) is 12.1 Å². The van der Waals surface area contributed by atoms with Gasteiger partial charge in [-0.25, -0.2) is 0 Å². The van der Waals surface area contributed by atoms with Crippen LogP contribution in [0.2, 0.25) is 5.02 Å². The van der Waals surface area contributed by atoms with E-state index in [9.17, 15) is 0 Å². The first-order chi connectivity index (χ1) is 7.77. The van der Waals surface area contributed by atoms with Crippen molar-refractivity contribution >= 4 is 11.6 Å². The molecule has 0 heterocycles. The molecule has 0 bridgehead atoms. The van der Waals surface area contributed by atoms with Crippen molar-refractivity contribution in [3.05, 3.63) is 34.9 Å². The fraction of sp³-hybridized carbons (Fsp3) is 0.538. The van der Waals surface area contributed by atoms with Crippen molar-refractivity contribution in [2.24, 2.45) is 5.73 Å². The van der Waals surface area contributed by atoms with Crippen LogP contribution in [0.1, 0.15) is 31.2 Å². The van der Waals surface area contributed by atoms with Crippen molar-refractivity contribution in [2.45, 2.75) is 44.3 Å². The highest BCUT2D eigenvalue weighted by molar-refractivity contribution is 6.31. The Hall–Kier alpha value is -0.570. The van der Waals surface area contributed by atoms with E-state index in [1.807, 2.05) is 18.2 Å². The van der Waals surface area contributed by atoms with Gasteiger partial charge in [0.15, 0.2) is 0 Å². The van der Waals surface area contributed by atoms with Gasteiger partial charge in [0, 0.05) is 23.7 Å². The van der Waals surface area contributed by atoms with Gasteiger partial charge in [-0.15, -0.1) is 0 Å². The molecule has 16 heavy (non-hydrogen) atoms. The summed E-state index contributed by atoms with van der Waals surface area (Å²) >= 11 is 6.11. The third-order valence-electron chi connectivity index (χ3n) is 3.33. The molecule has 88 valence electrons.